The molecular weight excluding hydrogens is 316 g/mol. The molecule has 126 valence electrons. The standard InChI is InChI=1S/C20H18N2O3/c1-25-18-12-11-17(13-21-18)14-7-9-16(10-8-14)19(20(23)22-24)15-5-3-2-4-6-15/h2-13,19,24H,1H3,(H,22,23). The number of carbonyl (C=O) groups is 1. The molecule has 5 heteroatoms. The molecule has 1 aromatic heterocycles. The van der Waals surface area contributed by atoms with Gasteiger partial charge in [0.2, 0.25) is 5.88 Å². The Balaban J connectivity index is 1.92. The SMILES string of the molecule is COc1ccc(-c2ccc(C(C(=O)NO)c3ccccc3)cc2)cn1. The highest BCUT2D eigenvalue weighted by Gasteiger charge is 2.22. The van der Waals surface area contributed by atoms with Crippen molar-refractivity contribution in [2.75, 3.05) is 7.11 Å². The van der Waals surface area contributed by atoms with E-state index in [1.807, 2.05) is 60.7 Å². The van der Waals surface area contributed by atoms with Crippen LogP contribution < -0.4 is 10.2 Å². The molecule has 5 nitrogen and oxygen atoms in total. The van der Waals surface area contributed by atoms with Crippen molar-refractivity contribution in [3.63, 3.8) is 0 Å². The van der Waals surface area contributed by atoms with Crippen molar-refractivity contribution in [1.82, 2.24) is 10.5 Å². The molecule has 2 N–H and O–H groups in total. The smallest absolute Gasteiger partial charge is 0.255 e. The molecular formula is C20H18N2O3. The molecule has 1 heterocycles. The summed E-state index contributed by atoms with van der Waals surface area (Å²) in [5.74, 6) is -0.483. The lowest BCUT2D eigenvalue weighted by atomic mass is 9.89. The largest absolute Gasteiger partial charge is 0.481 e. The summed E-state index contributed by atoms with van der Waals surface area (Å²) in [6.45, 7) is 0. The van der Waals surface area contributed by atoms with Crippen LogP contribution in [-0.2, 0) is 4.79 Å². The summed E-state index contributed by atoms with van der Waals surface area (Å²) < 4.78 is 5.06. The van der Waals surface area contributed by atoms with Crippen LogP contribution in [0.3, 0.4) is 0 Å². The van der Waals surface area contributed by atoms with Crippen molar-refractivity contribution >= 4 is 5.91 Å². The van der Waals surface area contributed by atoms with Gasteiger partial charge in [0.1, 0.15) is 0 Å². The molecule has 0 saturated carbocycles. The molecule has 0 bridgehead atoms. The van der Waals surface area contributed by atoms with Crippen molar-refractivity contribution in [3.8, 4) is 17.0 Å². The van der Waals surface area contributed by atoms with Crippen LogP contribution in [0.2, 0.25) is 0 Å². The second-order valence-corrected chi connectivity index (χ2v) is 5.53. The van der Waals surface area contributed by atoms with Crippen LogP contribution >= 0.6 is 0 Å². The summed E-state index contributed by atoms with van der Waals surface area (Å²) in [7, 11) is 1.58. The summed E-state index contributed by atoms with van der Waals surface area (Å²) >= 11 is 0. The van der Waals surface area contributed by atoms with Crippen LogP contribution in [0.5, 0.6) is 5.88 Å². The third kappa shape index (κ3) is 3.67. The number of hydroxylamine groups is 1. The highest BCUT2D eigenvalue weighted by atomic mass is 16.5. The van der Waals surface area contributed by atoms with Crippen LogP contribution in [0.4, 0.5) is 0 Å². The Bertz CT molecular complexity index is 831. The molecule has 25 heavy (non-hydrogen) atoms. The average molecular weight is 334 g/mol. The lowest BCUT2D eigenvalue weighted by molar-refractivity contribution is -0.129. The highest BCUT2D eigenvalue weighted by molar-refractivity contribution is 5.86. The molecule has 0 aliphatic carbocycles. The van der Waals surface area contributed by atoms with Crippen LogP contribution in [0.15, 0.2) is 72.9 Å². The third-order valence-corrected chi connectivity index (χ3v) is 4.03. The van der Waals surface area contributed by atoms with Crippen molar-refractivity contribution in [2.24, 2.45) is 0 Å². The van der Waals surface area contributed by atoms with E-state index in [0.717, 1.165) is 22.3 Å². The van der Waals surface area contributed by atoms with E-state index in [-0.39, 0.29) is 0 Å². The molecule has 0 aliphatic rings. The second kappa shape index (κ2) is 7.59. The molecule has 3 rings (SSSR count). The quantitative estimate of drug-likeness (QED) is 0.554. The lowest BCUT2D eigenvalue weighted by Crippen LogP contribution is -2.27. The summed E-state index contributed by atoms with van der Waals surface area (Å²) in [6, 6.07) is 20.7. The summed E-state index contributed by atoms with van der Waals surface area (Å²) in [4.78, 5) is 16.4. The maximum absolute atomic E-state index is 12.2. The van der Waals surface area contributed by atoms with Crippen molar-refractivity contribution in [2.45, 2.75) is 5.92 Å². The average Bonchev–Trinajstić information content (AvgIpc) is 2.69. The van der Waals surface area contributed by atoms with Gasteiger partial charge < -0.3 is 4.74 Å². The zero-order valence-corrected chi connectivity index (χ0v) is 13.7. The third-order valence-electron chi connectivity index (χ3n) is 4.03. The van der Waals surface area contributed by atoms with Gasteiger partial charge in [0.05, 0.1) is 13.0 Å². The minimum Gasteiger partial charge on any atom is -0.481 e. The van der Waals surface area contributed by atoms with Crippen molar-refractivity contribution in [3.05, 3.63) is 84.1 Å². The minimum absolute atomic E-state index is 0.468. The zero-order valence-electron chi connectivity index (χ0n) is 13.7. The number of nitrogens with zero attached hydrogens (tertiary/aromatic N) is 1. The summed E-state index contributed by atoms with van der Waals surface area (Å²) in [5.41, 5.74) is 5.30. The number of pyridine rings is 1. The van der Waals surface area contributed by atoms with Gasteiger partial charge in [-0.2, -0.15) is 0 Å². The number of ether oxygens (including phenoxy) is 1. The van der Waals surface area contributed by atoms with E-state index in [4.69, 9.17) is 9.94 Å². The molecule has 0 saturated heterocycles. The number of hydrogen-bond donors (Lipinski definition) is 2. The first-order chi connectivity index (χ1) is 12.2. The molecule has 0 fully saturated rings. The monoisotopic (exact) mass is 334 g/mol. The number of benzene rings is 2. The van der Waals surface area contributed by atoms with Crippen LogP contribution in [0.25, 0.3) is 11.1 Å². The lowest BCUT2D eigenvalue weighted by Gasteiger charge is -2.16. The van der Waals surface area contributed by atoms with Crippen LogP contribution in [0, 0.1) is 0 Å². The fraction of sp³-hybridized carbons (Fsp3) is 0.100. The molecule has 1 unspecified atom stereocenters. The summed E-state index contributed by atoms with van der Waals surface area (Å²) in [5, 5.41) is 9.09. The van der Waals surface area contributed by atoms with Gasteiger partial charge in [0, 0.05) is 17.8 Å². The predicted molar refractivity (Wildman–Crippen MR) is 94.4 cm³/mol. The van der Waals surface area contributed by atoms with E-state index < -0.39 is 11.8 Å². The molecule has 0 spiro atoms. The Morgan fingerprint density at radius 2 is 1.60 bits per heavy atom. The maximum atomic E-state index is 12.2. The van der Waals surface area contributed by atoms with E-state index >= 15 is 0 Å². The Morgan fingerprint density at radius 1 is 0.960 bits per heavy atom. The van der Waals surface area contributed by atoms with Gasteiger partial charge in [0.15, 0.2) is 0 Å². The van der Waals surface area contributed by atoms with E-state index in [1.54, 1.807) is 24.9 Å². The first kappa shape index (κ1) is 16.7. The Kier molecular flexibility index (Phi) is 5.06. The first-order valence-corrected chi connectivity index (χ1v) is 7.82. The number of aromatic nitrogens is 1. The summed E-state index contributed by atoms with van der Waals surface area (Å²) in [6.07, 6.45) is 1.74. The predicted octanol–water partition coefficient (Wildman–Crippen LogP) is 3.39. The number of hydrogen-bond acceptors (Lipinski definition) is 4. The van der Waals surface area contributed by atoms with Gasteiger partial charge in [-0.15, -0.1) is 0 Å². The van der Waals surface area contributed by atoms with E-state index in [9.17, 15) is 4.79 Å². The molecule has 0 radical (unpaired) electrons. The molecule has 0 aliphatic heterocycles. The van der Waals surface area contributed by atoms with Gasteiger partial charge in [0.25, 0.3) is 5.91 Å². The van der Waals surface area contributed by atoms with Crippen LogP contribution in [-0.4, -0.2) is 23.2 Å². The zero-order chi connectivity index (χ0) is 17.6. The van der Waals surface area contributed by atoms with Gasteiger partial charge in [-0.1, -0.05) is 54.6 Å². The van der Waals surface area contributed by atoms with Crippen molar-refractivity contribution in [1.29, 1.82) is 0 Å². The van der Waals surface area contributed by atoms with E-state index in [1.165, 1.54) is 0 Å². The Labute approximate surface area is 145 Å². The number of carbonyl (C=O) groups excluding carboxylic acids is 1. The van der Waals surface area contributed by atoms with Gasteiger partial charge in [-0.05, 0) is 22.8 Å². The van der Waals surface area contributed by atoms with Crippen molar-refractivity contribution < 1.29 is 14.7 Å². The Hall–Kier alpha value is -3.18. The maximum Gasteiger partial charge on any atom is 0.255 e. The number of rotatable bonds is 5. The van der Waals surface area contributed by atoms with Crippen LogP contribution in [0.1, 0.15) is 17.0 Å². The molecule has 1 atom stereocenters. The topological polar surface area (TPSA) is 71.5 Å². The highest BCUT2D eigenvalue weighted by Crippen LogP contribution is 2.28. The number of methoxy groups -OCH3 is 1. The fourth-order valence-corrected chi connectivity index (χ4v) is 2.75. The molecule has 3 aromatic rings. The van der Waals surface area contributed by atoms with E-state index in [0.29, 0.717) is 5.88 Å². The molecule has 1 amide bonds. The minimum atomic E-state index is -0.575. The first-order valence-electron chi connectivity index (χ1n) is 7.82. The number of amides is 1. The Morgan fingerprint density at radius 3 is 2.16 bits per heavy atom. The van der Waals surface area contributed by atoms with E-state index in [2.05, 4.69) is 4.98 Å². The van der Waals surface area contributed by atoms with Gasteiger partial charge >= 0.3 is 0 Å². The van der Waals surface area contributed by atoms with Gasteiger partial charge in [-0.3, -0.25) is 10.0 Å². The molecule has 2 aromatic carbocycles. The normalized spacial score (nSPS) is 11.6. The fourth-order valence-electron chi connectivity index (χ4n) is 2.75. The second-order valence-electron chi connectivity index (χ2n) is 5.53. The van der Waals surface area contributed by atoms with Gasteiger partial charge in [-0.25, -0.2) is 10.5 Å². The number of nitrogens with one attached hydrogen (secondary N) is 1.